The van der Waals surface area contributed by atoms with Crippen LogP contribution in [0.4, 0.5) is 4.39 Å². The monoisotopic (exact) mass is 976 g/mol. The van der Waals surface area contributed by atoms with Gasteiger partial charge in [-0.25, -0.2) is 4.39 Å². The van der Waals surface area contributed by atoms with Gasteiger partial charge in [-0.2, -0.15) is 0 Å². The fraction of sp³-hybridized carbons (Fsp3) is 0.0250. The number of ketones is 3. The van der Waals surface area contributed by atoms with Crippen LogP contribution in [-0.4, -0.2) is 17.3 Å². The Labute approximate surface area is 348 Å². The van der Waals surface area contributed by atoms with Crippen LogP contribution in [0.5, 0.6) is 0 Å². The fourth-order valence-electron chi connectivity index (χ4n) is 4.04. The van der Waals surface area contributed by atoms with Crippen LogP contribution in [0.25, 0.3) is 18.2 Å². The first-order chi connectivity index (χ1) is 24.9. The summed E-state index contributed by atoms with van der Waals surface area (Å²) in [7, 11) is 0. The Balaban J connectivity index is 0.000000175. The Morgan fingerprint density at radius 3 is 1.29 bits per heavy atom. The summed E-state index contributed by atoms with van der Waals surface area (Å²) >= 11 is 26.5. The smallest absolute Gasteiger partial charge is 0.185 e. The molecule has 0 bridgehead atoms. The zero-order chi connectivity index (χ0) is 37.6. The number of carbonyl (C=O) groups excluding carboxylic acids is 3. The highest BCUT2D eigenvalue weighted by Crippen LogP contribution is 2.23. The van der Waals surface area contributed by atoms with Crippen LogP contribution < -0.4 is 0 Å². The molecule has 0 saturated heterocycles. The number of aryl methyl sites for hydroxylation is 1. The summed E-state index contributed by atoms with van der Waals surface area (Å²) < 4.78 is 15.7. The van der Waals surface area contributed by atoms with E-state index < -0.39 is 0 Å². The van der Waals surface area contributed by atoms with Crippen molar-refractivity contribution in [3.63, 3.8) is 0 Å². The van der Waals surface area contributed by atoms with E-state index in [1.165, 1.54) is 30.3 Å². The van der Waals surface area contributed by atoms with E-state index in [2.05, 4.69) is 47.8 Å². The maximum Gasteiger partial charge on any atom is 0.185 e. The molecular formula is C40H26Br3Cl2FO3S3. The molecular weight excluding hydrogens is 954 g/mol. The summed E-state index contributed by atoms with van der Waals surface area (Å²) in [6, 6.07) is 23.6. The molecule has 0 spiro atoms. The van der Waals surface area contributed by atoms with Crippen LogP contribution in [0.2, 0.25) is 10.0 Å². The number of carbonyl (C=O) groups is 3. The second kappa shape index (κ2) is 21.0. The van der Waals surface area contributed by atoms with Crippen LogP contribution in [0, 0.1) is 12.7 Å². The number of allylic oxidation sites excluding steroid dienone is 3. The largest absolute Gasteiger partial charge is 0.289 e. The third kappa shape index (κ3) is 14.1. The van der Waals surface area contributed by atoms with Crippen molar-refractivity contribution in [2.75, 3.05) is 0 Å². The Morgan fingerprint density at radius 2 is 0.923 bits per heavy atom. The third-order valence-corrected chi connectivity index (χ3v) is 12.3. The molecule has 6 aromatic rings. The van der Waals surface area contributed by atoms with Crippen molar-refractivity contribution >= 4 is 141 Å². The van der Waals surface area contributed by atoms with Crippen LogP contribution in [-0.2, 0) is 0 Å². The minimum Gasteiger partial charge on any atom is -0.289 e. The topological polar surface area (TPSA) is 51.2 Å². The first-order valence-corrected chi connectivity index (χ1v) is 20.8. The Kier molecular flexibility index (Phi) is 16.8. The van der Waals surface area contributed by atoms with E-state index in [0.29, 0.717) is 26.7 Å². The summed E-state index contributed by atoms with van der Waals surface area (Å²) in [4.78, 5) is 38.5. The van der Waals surface area contributed by atoms with Crippen molar-refractivity contribution < 1.29 is 18.8 Å². The van der Waals surface area contributed by atoms with E-state index in [0.717, 1.165) is 33.6 Å². The van der Waals surface area contributed by atoms with Crippen molar-refractivity contribution in [2.24, 2.45) is 0 Å². The van der Waals surface area contributed by atoms with Gasteiger partial charge in [-0.15, -0.1) is 34.0 Å². The average molecular weight is 980 g/mol. The molecule has 3 heterocycles. The number of rotatable bonds is 9. The van der Waals surface area contributed by atoms with E-state index in [9.17, 15) is 18.8 Å². The molecule has 0 atom stereocenters. The molecule has 3 aromatic carbocycles. The quantitative estimate of drug-likeness (QED) is 0.107. The Bertz CT molecular complexity index is 2130. The zero-order valence-electron chi connectivity index (χ0n) is 27.0. The van der Waals surface area contributed by atoms with Gasteiger partial charge in [0.1, 0.15) is 5.82 Å². The molecule has 12 heteroatoms. The summed E-state index contributed by atoms with van der Waals surface area (Å²) in [5, 5.41) is 7.22. The molecule has 52 heavy (non-hydrogen) atoms. The molecule has 3 nitrogen and oxygen atoms in total. The van der Waals surface area contributed by atoms with Crippen molar-refractivity contribution in [1.82, 2.24) is 0 Å². The van der Waals surface area contributed by atoms with E-state index in [-0.39, 0.29) is 23.2 Å². The molecule has 3 aromatic heterocycles. The number of thiophene rings is 3. The summed E-state index contributed by atoms with van der Waals surface area (Å²) in [6.45, 7) is 1.89. The zero-order valence-corrected chi connectivity index (χ0v) is 35.7. The van der Waals surface area contributed by atoms with Gasteiger partial charge in [0.25, 0.3) is 0 Å². The van der Waals surface area contributed by atoms with Crippen LogP contribution in [0.3, 0.4) is 0 Å². The first kappa shape index (κ1) is 41.7. The van der Waals surface area contributed by atoms with E-state index in [1.807, 2.05) is 53.4 Å². The molecule has 0 unspecified atom stereocenters. The van der Waals surface area contributed by atoms with Crippen molar-refractivity contribution in [1.29, 1.82) is 0 Å². The maximum absolute atomic E-state index is 12.7. The predicted molar refractivity (Wildman–Crippen MR) is 230 cm³/mol. The average Bonchev–Trinajstić information content (AvgIpc) is 3.88. The van der Waals surface area contributed by atoms with Crippen molar-refractivity contribution in [3.8, 4) is 0 Å². The maximum atomic E-state index is 12.7. The molecule has 0 fully saturated rings. The van der Waals surface area contributed by atoms with Gasteiger partial charge < -0.3 is 0 Å². The SMILES string of the molecule is Cc1cc(C(=O)C=Cc2cc(Br)cs2)ccc1Cl.O=C(C=Cc1cc(Br)cs1)c1ccc(Cl)cc1.O=C(C=Cc1cc(Br)cs1)c1ccc(F)cc1. The minimum absolute atomic E-state index is 0.0145. The number of hydrogen-bond acceptors (Lipinski definition) is 6. The number of benzene rings is 3. The third-order valence-electron chi connectivity index (χ3n) is 6.66. The van der Waals surface area contributed by atoms with Crippen molar-refractivity contribution in [2.45, 2.75) is 6.92 Å². The molecule has 0 aliphatic rings. The van der Waals surface area contributed by atoms with Gasteiger partial charge in [0.2, 0.25) is 0 Å². The van der Waals surface area contributed by atoms with Crippen molar-refractivity contribution in [3.05, 3.63) is 185 Å². The Morgan fingerprint density at radius 1 is 0.558 bits per heavy atom. The fourth-order valence-corrected chi connectivity index (χ4v) is 8.29. The minimum atomic E-state index is -0.340. The van der Waals surface area contributed by atoms with E-state index in [1.54, 1.807) is 94.7 Å². The molecule has 0 radical (unpaired) electrons. The Hall–Kier alpha value is -3.06. The highest BCUT2D eigenvalue weighted by Gasteiger charge is 2.05. The lowest BCUT2D eigenvalue weighted by atomic mass is 10.1. The number of halogens is 6. The molecule has 264 valence electrons. The normalized spacial score (nSPS) is 11.0. The van der Waals surface area contributed by atoms with Crippen LogP contribution >= 0.6 is 105 Å². The highest BCUT2D eigenvalue weighted by atomic mass is 79.9. The summed E-state index contributed by atoms with van der Waals surface area (Å²) in [5.41, 5.74) is 2.69. The lowest BCUT2D eigenvalue weighted by Crippen LogP contribution is -1.94. The van der Waals surface area contributed by atoms with E-state index >= 15 is 0 Å². The lowest BCUT2D eigenvalue weighted by Gasteiger charge is -2.00. The second-order valence-electron chi connectivity index (χ2n) is 10.6. The van der Waals surface area contributed by atoms with Gasteiger partial charge in [-0.05, 0) is 182 Å². The predicted octanol–water partition coefficient (Wildman–Crippen LogP) is 15.0. The van der Waals surface area contributed by atoms with Gasteiger partial charge in [0.05, 0.1) is 0 Å². The molecule has 0 saturated carbocycles. The van der Waals surface area contributed by atoms with Gasteiger partial charge >= 0.3 is 0 Å². The standard InChI is InChI=1S/C14H10BrClOS.C13H8BrClOS.C13H8BrFOS/c1-9-6-10(2-4-13(9)16)14(17)5-3-12-7-11(15)8-18-12;2*14-10-7-12(17-8-10)5-6-13(16)9-1-3-11(15)4-2-9/h2-8H,1H3;2*1-8H. The molecule has 0 aliphatic carbocycles. The van der Waals surface area contributed by atoms with Gasteiger partial charge in [0, 0.05) is 70.9 Å². The van der Waals surface area contributed by atoms with Gasteiger partial charge in [-0.1, -0.05) is 23.2 Å². The number of hydrogen-bond donors (Lipinski definition) is 0. The first-order valence-electron chi connectivity index (χ1n) is 15.0. The van der Waals surface area contributed by atoms with Crippen LogP contribution in [0.1, 0.15) is 51.3 Å². The summed E-state index contributed by atoms with van der Waals surface area (Å²) in [6.07, 6.45) is 10.0. The highest BCUT2D eigenvalue weighted by molar-refractivity contribution is 9.11. The molecule has 0 aliphatic heterocycles. The molecule has 0 N–H and O–H groups in total. The van der Waals surface area contributed by atoms with E-state index in [4.69, 9.17) is 23.2 Å². The van der Waals surface area contributed by atoms with Gasteiger partial charge in [0.15, 0.2) is 17.3 Å². The summed E-state index contributed by atoms with van der Waals surface area (Å²) in [5.74, 6) is -0.507. The van der Waals surface area contributed by atoms with Crippen LogP contribution in [0.15, 0.2) is 133 Å². The van der Waals surface area contributed by atoms with Gasteiger partial charge in [-0.3, -0.25) is 14.4 Å². The lowest BCUT2D eigenvalue weighted by molar-refractivity contribution is 0.103. The molecule has 0 amide bonds. The molecule has 6 rings (SSSR count). The second-order valence-corrected chi connectivity index (χ2v) is 17.0.